The molecule has 0 unspecified atom stereocenters. The second-order valence-corrected chi connectivity index (χ2v) is 6.55. The van der Waals surface area contributed by atoms with E-state index in [0.717, 1.165) is 51.5 Å². The zero-order chi connectivity index (χ0) is 16.7. The van der Waals surface area contributed by atoms with Crippen LogP contribution in [0.5, 0.6) is 0 Å². The number of nitrogens with one attached hydrogen (secondary N) is 2. The van der Waals surface area contributed by atoms with Gasteiger partial charge in [-0.2, -0.15) is 5.10 Å². The van der Waals surface area contributed by atoms with Crippen LogP contribution in [0.1, 0.15) is 12.8 Å². The number of fused-ring (bicyclic) bond motifs is 1. The largest absolute Gasteiger partial charge is 0.353 e. The summed E-state index contributed by atoms with van der Waals surface area (Å²) in [6.07, 6.45) is 11.4. The first-order chi connectivity index (χ1) is 11.6. The Balaban J connectivity index is 1.72. The van der Waals surface area contributed by atoms with Crippen LogP contribution >= 0.6 is 23.2 Å². The Kier molecular flexibility index (Phi) is 3.82. The van der Waals surface area contributed by atoms with E-state index in [1.165, 1.54) is 0 Å². The summed E-state index contributed by atoms with van der Waals surface area (Å²) in [5, 5.41) is 9.79. The Bertz CT molecular complexity index is 980. The highest BCUT2D eigenvalue weighted by Crippen LogP contribution is 2.35. The van der Waals surface area contributed by atoms with Crippen LogP contribution in [0.25, 0.3) is 22.2 Å². The number of hydrogen-bond donors (Lipinski definition) is 2. The highest BCUT2D eigenvalue weighted by molar-refractivity contribution is 6.38. The molecule has 4 rings (SSSR count). The van der Waals surface area contributed by atoms with Crippen LogP contribution in [-0.2, 0) is 7.05 Å². The number of rotatable bonds is 3. The van der Waals surface area contributed by atoms with E-state index in [0.29, 0.717) is 5.02 Å². The maximum absolute atomic E-state index is 6.50. The van der Waals surface area contributed by atoms with Crippen molar-refractivity contribution in [2.75, 3.05) is 5.32 Å². The fraction of sp³-hybridized carbons (Fsp3) is 0.176. The standard InChI is InChI=1S/C17H15Cl2N5/c1-24-9-10(7-21-24)17-16(19)11-8-20-15(6-14(11)23-17)22-13-5-3-2-4-12(13)18/h3,5-9,23H,2,4H2,1H3,(H,20,22). The minimum Gasteiger partial charge on any atom is -0.353 e. The molecule has 1 aliphatic carbocycles. The summed E-state index contributed by atoms with van der Waals surface area (Å²) in [7, 11) is 1.87. The van der Waals surface area contributed by atoms with Gasteiger partial charge in [0, 0.05) is 41.5 Å². The lowest BCUT2D eigenvalue weighted by molar-refractivity contribution is 0.768. The van der Waals surface area contributed by atoms with E-state index in [4.69, 9.17) is 23.2 Å². The molecule has 0 spiro atoms. The maximum atomic E-state index is 6.50. The Morgan fingerprint density at radius 2 is 2.17 bits per heavy atom. The van der Waals surface area contributed by atoms with Crippen LogP contribution in [0.2, 0.25) is 5.02 Å². The van der Waals surface area contributed by atoms with Crippen molar-refractivity contribution in [2.24, 2.45) is 7.05 Å². The third kappa shape index (κ3) is 2.70. The van der Waals surface area contributed by atoms with E-state index in [2.05, 4.69) is 26.5 Å². The molecule has 0 aliphatic heterocycles. The molecule has 3 heterocycles. The molecule has 5 nitrogen and oxygen atoms in total. The molecule has 0 atom stereocenters. The molecule has 24 heavy (non-hydrogen) atoms. The van der Waals surface area contributed by atoms with Gasteiger partial charge in [0.05, 0.1) is 28.1 Å². The van der Waals surface area contributed by atoms with E-state index in [1.807, 2.05) is 25.4 Å². The minimum absolute atomic E-state index is 0.645. The second kappa shape index (κ2) is 6.00. The maximum Gasteiger partial charge on any atom is 0.132 e. The predicted octanol–water partition coefficient (Wildman–Crippen LogP) is 4.83. The van der Waals surface area contributed by atoms with Gasteiger partial charge in [-0.05, 0) is 18.9 Å². The Morgan fingerprint density at radius 1 is 1.29 bits per heavy atom. The lowest BCUT2D eigenvalue weighted by atomic mass is 10.1. The quantitative estimate of drug-likeness (QED) is 0.703. The third-order valence-corrected chi connectivity index (χ3v) is 4.77. The van der Waals surface area contributed by atoms with Crippen molar-refractivity contribution >= 4 is 39.9 Å². The summed E-state index contributed by atoms with van der Waals surface area (Å²) in [5.41, 5.74) is 3.58. The minimum atomic E-state index is 0.645. The molecule has 0 saturated carbocycles. The molecule has 0 bridgehead atoms. The lowest BCUT2D eigenvalue weighted by Crippen LogP contribution is -2.03. The molecule has 0 aromatic carbocycles. The van der Waals surface area contributed by atoms with Crippen molar-refractivity contribution in [1.82, 2.24) is 19.7 Å². The molecular formula is C17H15Cl2N5. The number of halogens is 2. The Hall–Kier alpha value is -2.24. The zero-order valence-corrected chi connectivity index (χ0v) is 14.5. The topological polar surface area (TPSA) is 58.5 Å². The molecule has 0 radical (unpaired) electrons. The van der Waals surface area contributed by atoms with Gasteiger partial charge in [0.15, 0.2) is 0 Å². The molecule has 0 saturated heterocycles. The van der Waals surface area contributed by atoms with E-state index < -0.39 is 0 Å². The molecular weight excluding hydrogens is 345 g/mol. The van der Waals surface area contributed by atoms with Crippen LogP contribution < -0.4 is 5.32 Å². The molecule has 1 aliphatic rings. The molecule has 122 valence electrons. The number of H-pyrrole nitrogens is 1. The van der Waals surface area contributed by atoms with Crippen LogP contribution in [0.3, 0.4) is 0 Å². The zero-order valence-electron chi connectivity index (χ0n) is 13.0. The number of allylic oxidation sites excluding steroid dienone is 3. The van der Waals surface area contributed by atoms with Gasteiger partial charge in [-0.25, -0.2) is 4.98 Å². The van der Waals surface area contributed by atoms with Crippen LogP contribution in [-0.4, -0.2) is 19.7 Å². The third-order valence-electron chi connectivity index (χ3n) is 3.98. The van der Waals surface area contributed by atoms with Gasteiger partial charge in [0.1, 0.15) is 5.82 Å². The second-order valence-electron chi connectivity index (χ2n) is 5.72. The van der Waals surface area contributed by atoms with Gasteiger partial charge < -0.3 is 10.3 Å². The average molecular weight is 360 g/mol. The van der Waals surface area contributed by atoms with Crippen LogP contribution in [0, 0.1) is 0 Å². The van der Waals surface area contributed by atoms with Gasteiger partial charge in [-0.1, -0.05) is 29.3 Å². The van der Waals surface area contributed by atoms with Crippen molar-refractivity contribution in [2.45, 2.75) is 12.8 Å². The van der Waals surface area contributed by atoms with Crippen molar-refractivity contribution in [3.05, 3.63) is 52.6 Å². The number of anilines is 1. The van der Waals surface area contributed by atoms with Gasteiger partial charge in [0.2, 0.25) is 0 Å². The number of pyridine rings is 1. The number of aromatic amines is 1. The fourth-order valence-corrected chi connectivity index (χ4v) is 3.29. The molecule has 2 N–H and O–H groups in total. The summed E-state index contributed by atoms with van der Waals surface area (Å²) in [6.45, 7) is 0. The highest BCUT2D eigenvalue weighted by atomic mass is 35.5. The fourth-order valence-electron chi connectivity index (χ4n) is 2.76. The molecule has 0 fully saturated rings. The molecule has 0 amide bonds. The van der Waals surface area contributed by atoms with Gasteiger partial charge >= 0.3 is 0 Å². The SMILES string of the molecule is Cn1cc(-c2[nH]c3cc(NC4=C(Cl)CCC=C4)ncc3c2Cl)cn1. The number of hydrogen-bond acceptors (Lipinski definition) is 3. The lowest BCUT2D eigenvalue weighted by Gasteiger charge is -2.12. The summed E-state index contributed by atoms with van der Waals surface area (Å²) in [5.74, 6) is 0.720. The number of nitrogens with zero attached hydrogens (tertiary/aromatic N) is 3. The highest BCUT2D eigenvalue weighted by Gasteiger charge is 2.14. The predicted molar refractivity (Wildman–Crippen MR) is 98.2 cm³/mol. The molecule has 3 aromatic rings. The molecule has 3 aromatic heterocycles. The summed E-state index contributed by atoms with van der Waals surface area (Å²) in [6, 6.07) is 1.93. The number of aromatic nitrogens is 4. The van der Waals surface area contributed by atoms with Crippen molar-refractivity contribution in [3.63, 3.8) is 0 Å². The van der Waals surface area contributed by atoms with Gasteiger partial charge in [0.25, 0.3) is 0 Å². The summed E-state index contributed by atoms with van der Waals surface area (Å²) in [4.78, 5) is 7.80. The molecule has 7 heteroatoms. The number of aryl methyl sites for hydroxylation is 1. The first kappa shape index (κ1) is 15.3. The van der Waals surface area contributed by atoms with E-state index in [9.17, 15) is 0 Å². The van der Waals surface area contributed by atoms with Crippen molar-refractivity contribution in [3.8, 4) is 11.3 Å². The van der Waals surface area contributed by atoms with E-state index >= 15 is 0 Å². The van der Waals surface area contributed by atoms with Gasteiger partial charge in [-0.15, -0.1) is 0 Å². The Labute approximate surface area is 149 Å². The smallest absolute Gasteiger partial charge is 0.132 e. The van der Waals surface area contributed by atoms with E-state index in [-0.39, 0.29) is 0 Å². The monoisotopic (exact) mass is 359 g/mol. The first-order valence-corrected chi connectivity index (χ1v) is 8.36. The van der Waals surface area contributed by atoms with Gasteiger partial charge in [-0.3, -0.25) is 4.68 Å². The van der Waals surface area contributed by atoms with E-state index in [1.54, 1.807) is 17.1 Å². The van der Waals surface area contributed by atoms with Crippen LogP contribution in [0.15, 0.2) is 47.5 Å². The average Bonchev–Trinajstić information content (AvgIpc) is 3.13. The summed E-state index contributed by atoms with van der Waals surface area (Å²) < 4.78 is 1.74. The summed E-state index contributed by atoms with van der Waals surface area (Å²) >= 11 is 12.8. The van der Waals surface area contributed by atoms with Crippen LogP contribution in [0.4, 0.5) is 5.82 Å². The normalized spacial score (nSPS) is 14.6. The first-order valence-electron chi connectivity index (χ1n) is 7.60. The Morgan fingerprint density at radius 3 is 2.92 bits per heavy atom. The van der Waals surface area contributed by atoms with Crippen molar-refractivity contribution in [1.29, 1.82) is 0 Å². The van der Waals surface area contributed by atoms with Crippen molar-refractivity contribution < 1.29 is 0 Å².